The summed E-state index contributed by atoms with van der Waals surface area (Å²) in [6.07, 6.45) is 4.57. The Kier molecular flexibility index (Phi) is 5.19. The molecule has 132 valence electrons. The van der Waals surface area contributed by atoms with Gasteiger partial charge in [-0.25, -0.2) is 9.37 Å². The molecule has 1 amide bonds. The average molecular weight is 370 g/mol. The first kappa shape index (κ1) is 17.9. The zero-order chi connectivity index (χ0) is 18.7. The number of hydrogen-bond donors (Lipinski definition) is 1. The van der Waals surface area contributed by atoms with E-state index >= 15 is 0 Å². The van der Waals surface area contributed by atoms with Crippen molar-refractivity contribution in [2.45, 2.75) is 13.8 Å². The van der Waals surface area contributed by atoms with Gasteiger partial charge >= 0.3 is 0 Å². The van der Waals surface area contributed by atoms with E-state index in [1.807, 2.05) is 24.5 Å². The molecule has 0 saturated carbocycles. The fourth-order valence-corrected chi connectivity index (χ4v) is 2.67. The molecule has 6 heteroatoms. The Hall–Kier alpha value is -2.92. The molecule has 0 saturated heterocycles. The third kappa shape index (κ3) is 3.83. The van der Waals surface area contributed by atoms with Gasteiger partial charge in [0.05, 0.1) is 17.7 Å². The van der Waals surface area contributed by atoms with Crippen LogP contribution in [0.1, 0.15) is 17.0 Å². The monoisotopic (exact) mass is 369 g/mol. The van der Waals surface area contributed by atoms with Gasteiger partial charge in [-0.1, -0.05) is 29.8 Å². The summed E-state index contributed by atoms with van der Waals surface area (Å²) in [5.41, 5.74) is 3.37. The van der Waals surface area contributed by atoms with Crippen LogP contribution in [0.15, 0.2) is 54.9 Å². The summed E-state index contributed by atoms with van der Waals surface area (Å²) in [4.78, 5) is 16.4. The van der Waals surface area contributed by atoms with E-state index in [-0.39, 0.29) is 5.69 Å². The second-order valence-corrected chi connectivity index (χ2v) is 6.20. The van der Waals surface area contributed by atoms with Gasteiger partial charge in [-0.15, -0.1) is 0 Å². The van der Waals surface area contributed by atoms with Crippen LogP contribution in [0.3, 0.4) is 0 Å². The number of imidazole rings is 1. The number of carbonyl (C=O) groups is 1. The van der Waals surface area contributed by atoms with Crippen LogP contribution in [0.25, 0.3) is 11.8 Å². The van der Waals surface area contributed by atoms with Gasteiger partial charge in [0.15, 0.2) is 0 Å². The van der Waals surface area contributed by atoms with E-state index in [4.69, 9.17) is 11.6 Å². The summed E-state index contributed by atoms with van der Waals surface area (Å²) in [6.45, 7) is 3.83. The lowest BCUT2D eigenvalue weighted by Gasteiger charge is -2.10. The summed E-state index contributed by atoms with van der Waals surface area (Å²) in [5, 5.41) is 3.10. The molecular formula is C20H17ClFN3O. The largest absolute Gasteiger partial charge is 0.320 e. The third-order valence-electron chi connectivity index (χ3n) is 4.06. The van der Waals surface area contributed by atoms with E-state index in [1.54, 1.807) is 42.7 Å². The van der Waals surface area contributed by atoms with Crippen molar-refractivity contribution in [3.05, 3.63) is 82.7 Å². The van der Waals surface area contributed by atoms with Crippen LogP contribution in [0.2, 0.25) is 5.02 Å². The quantitative estimate of drug-likeness (QED) is 0.662. The van der Waals surface area contributed by atoms with Crippen molar-refractivity contribution in [3.8, 4) is 5.69 Å². The van der Waals surface area contributed by atoms with Gasteiger partial charge in [0.25, 0.3) is 0 Å². The molecule has 1 aromatic heterocycles. The van der Waals surface area contributed by atoms with Crippen LogP contribution in [-0.2, 0) is 4.79 Å². The second kappa shape index (κ2) is 7.54. The van der Waals surface area contributed by atoms with Gasteiger partial charge in [-0.3, -0.25) is 4.79 Å². The van der Waals surface area contributed by atoms with Crippen molar-refractivity contribution in [1.82, 2.24) is 9.55 Å². The Balaban J connectivity index is 1.81. The molecule has 0 aliphatic carbocycles. The number of carbonyl (C=O) groups excluding carboxylic acids is 1. The summed E-state index contributed by atoms with van der Waals surface area (Å²) in [5.74, 6) is -0.956. The predicted octanol–water partition coefficient (Wildman–Crippen LogP) is 4.93. The first-order valence-electron chi connectivity index (χ1n) is 8.00. The fourth-order valence-electron chi connectivity index (χ4n) is 2.47. The lowest BCUT2D eigenvalue weighted by molar-refractivity contribution is -0.111. The minimum atomic E-state index is -0.511. The first-order chi connectivity index (χ1) is 12.5. The maximum atomic E-state index is 14.1. The fraction of sp³-hybridized carbons (Fsp3) is 0.100. The molecule has 0 aliphatic heterocycles. The summed E-state index contributed by atoms with van der Waals surface area (Å²) < 4.78 is 15.9. The van der Waals surface area contributed by atoms with Gasteiger partial charge in [0, 0.05) is 22.5 Å². The number of aryl methyl sites for hydroxylation is 1. The first-order valence-corrected chi connectivity index (χ1v) is 8.37. The Morgan fingerprint density at radius 3 is 2.69 bits per heavy atom. The van der Waals surface area contributed by atoms with Crippen LogP contribution in [0.5, 0.6) is 0 Å². The molecule has 3 aromatic rings. The number of anilines is 1. The van der Waals surface area contributed by atoms with Gasteiger partial charge in [-0.2, -0.15) is 0 Å². The maximum Gasteiger partial charge on any atom is 0.248 e. The molecule has 2 aromatic carbocycles. The van der Waals surface area contributed by atoms with Gasteiger partial charge in [0.1, 0.15) is 5.82 Å². The SMILES string of the molecule is Cc1ncn(-c2ccc(F)c(NC(=O)/C=C/c3ccccc3Cl)c2)c1C. The molecule has 0 aliphatic rings. The number of rotatable bonds is 4. The Morgan fingerprint density at radius 2 is 2.00 bits per heavy atom. The number of nitrogens with one attached hydrogen (secondary N) is 1. The predicted molar refractivity (Wildman–Crippen MR) is 102 cm³/mol. The van der Waals surface area contributed by atoms with E-state index in [0.29, 0.717) is 10.6 Å². The summed E-state index contributed by atoms with van der Waals surface area (Å²) >= 11 is 6.05. The van der Waals surface area contributed by atoms with E-state index < -0.39 is 11.7 Å². The second-order valence-electron chi connectivity index (χ2n) is 5.79. The zero-order valence-electron chi connectivity index (χ0n) is 14.3. The highest BCUT2D eigenvalue weighted by Gasteiger charge is 2.10. The van der Waals surface area contributed by atoms with Gasteiger partial charge in [-0.05, 0) is 49.8 Å². The molecule has 0 spiro atoms. The van der Waals surface area contributed by atoms with E-state index in [2.05, 4.69) is 10.3 Å². The summed E-state index contributed by atoms with van der Waals surface area (Å²) in [7, 11) is 0. The molecule has 1 N–H and O–H groups in total. The average Bonchev–Trinajstić information content (AvgIpc) is 2.95. The Bertz CT molecular complexity index is 994. The highest BCUT2D eigenvalue weighted by Crippen LogP contribution is 2.21. The Morgan fingerprint density at radius 1 is 1.23 bits per heavy atom. The molecule has 1 heterocycles. The topological polar surface area (TPSA) is 46.9 Å². The zero-order valence-corrected chi connectivity index (χ0v) is 15.1. The lowest BCUT2D eigenvalue weighted by Crippen LogP contribution is -2.10. The molecule has 0 radical (unpaired) electrons. The summed E-state index contributed by atoms with van der Waals surface area (Å²) in [6, 6.07) is 11.7. The minimum absolute atomic E-state index is 0.0991. The molecule has 3 rings (SSSR count). The van der Waals surface area contributed by atoms with Crippen molar-refractivity contribution in [3.63, 3.8) is 0 Å². The number of benzene rings is 2. The smallest absolute Gasteiger partial charge is 0.248 e. The van der Waals surface area contributed by atoms with Crippen molar-refractivity contribution >= 4 is 29.3 Å². The highest BCUT2D eigenvalue weighted by molar-refractivity contribution is 6.32. The van der Waals surface area contributed by atoms with Crippen molar-refractivity contribution in [1.29, 1.82) is 0 Å². The highest BCUT2D eigenvalue weighted by atomic mass is 35.5. The van der Waals surface area contributed by atoms with Crippen LogP contribution < -0.4 is 5.32 Å². The van der Waals surface area contributed by atoms with Crippen LogP contribution in [-0.4, -0.2) is 15.5 Å². The molecule has 4 nitrogen and oxygen atoms in total. The number of amides is 1. The molecule has 0 unspecified atom stereocenters. The standard InChI is InChI=1S/C20H17ClFN3O/c1-13-14(2)25(12-23-13)16-8-9-18(22)19(11-16)24-20(26)10-7-15-5-3-4-6-17(15)21/h3-12H,1-2H3,(H,24,26)/b10-7+. The van der Waals surface area contributed by atoms with Gasteiger partial charge < -0.3 is 9.88 Å². The number of nitrogens with zero attached hydrogens (tertiary/aromatic N) is 2. The van der Waals surface area contributed by atoms with Crippen molar-refractivity contribution < 1.29 is 9.18 Å². The number of halogens is 2. The Labute approximate surface area is 155 Å². The van der Waals surface area contributed by atoms with Crippen LogP contribution in [0.4, 0.5) is 10.1 Å². The van der Waals surface area contributed by atoms with Crippen LogP contribution in [0, 0.1) is 19.7 Å². The molecule has 0 atom stereocenters. The molecule has 0 bridgehead atoms. The minimum Gasteiger partial charge on any atom is -0.320 e. The number of hydrogen-bond acceptors (Lipinski definition) is 2. The molecular weight excluding hydrogens is 353 g/mol. The lowest BCUT2D eigenvalue weighted by atomic mass is 10.2. The van der Waals surface area contributed by atoms with Crippen molar-refractivity contribution in [2.75, 3.05) is 5.32 Å². The van der Waals surface area contributed by atoms with Crippen molar-refractivity contribution in [2.24, 2.45) is 0 Å². The number of aromatic nitrogens is 2. The van der Waals surface area contributed by atoms with E-state index in [9.17, 15) is 9.18 Å². The third-order valence-corrected chi connectivity index (χ3v) is 4.40. The van der Waals surface area contributed by atoms with E-state index in [1.165, 1.54) is 12.1 Å². The van der Waals surface area contributed by atoms with Crippen LogP contribution >= 0.6 is 11.6 Å². The van der Waals surface area contributed by atoms with Gasteiger partial charge in [0.2, 0.25) is 5.91 Å². The maximum absolute atomic E-state index is 14.1. The van der Waals surface area contributed by atoms with E-state index in [0.717, 1.165) is 17.1 Å². The normalized spacial score (nSPS) is 11.1. The molecule has 0 fully saturated rings. The molecule has 26 heavy (non-hydrogen) atoms.